The van der Waals surface area contributed by atoms with Crippen LogP contribution in [-0.2, 0) is 13.4 Å². The third kappa shape index (κ3) is 5500. The monoisotopic (exact) mass is 558 g/mol. The number of rotatable bonds is 0. The summed E-state index contributed by atoms with van der Waals surface area (Å²) < 4.78 is 25.6. The van der Waals surface area contributed by atoms with E-state index >= 15 is 0 Å². The van der Waals surface area contributed by atoms with Crippen molar-refractivity contribution in [1.29, 1.82) is 0 Å². The van der Waals surface area contributed by atoms with Gasteiger partial charge in [0.2, 0.25) is 0 Å². The van der Waals surface area contributed by atoms with Gasteiger partial charge in [-0.15, -0.1) is 0 Å². The standard InChI is InChI=1S/Bi.3O3Si.Sb/c;3*1-4(2)3;/q+3;3*-2;+3. The average Bonchev–Trinajstić information content (AvgIpc) is 1.54. The first-order valence-electron chi connectivity index (χ1n) is 1.84. The zero-order valence-corrected chi connectivity index (χ0v) is 15.1. The van der Waals surface area contributed by atoms with Gasteiger partial charge in [-0.2, -0.15) is 0 Å². The smallest absolute Gasteiger partial charge is 0.672 e. The van der Waals surface area contributed by atoms with Crippen molar-refractivity contribution in [1.82, 2.24) is 0 Å². The Kier molecular flexibility index (Phi) is 49.0. The predicted molar refractivity (Wildman–Crippen MR) is 30.8 cm³/mol. The fourth-order valence-corrected chi connectivity index (χ4v) is 0. The van der Waals surface area contributed by atoms with Crippen LogP contribution in [0, 0.1) is 0 Å². The second-order valence-corrected chi connectivity index (χ2v) is 2.25. The Morgan fingerprint density at radius 3 is 0.571 bits per heavy atom. The summed E-state index contributed by atoms with van der Waals surface area (Å²) in [7, 11) is -10.9. The Morgan fingerprint density at radius 1 is 0.571 bits per heavy atom. The maximum Gasteiger partial charge on any atom is 3.00 e. The summed E-state index contributed by atoms with van der Waals surface area (Å²) in [6, 6.07) is 0. The molecular formula is BiO9SbSi3. The zero-order chi connectivity index (χ0) is 10.7. The summed E-state index contributed by atoms with van der Waals surface area (Å²) in [6.45, 7) is 0. The van der Waals surface area contributed by atoms with Crippen molar-refractivity contribution in [3.05, 3.63) is 0 Å². The normalized spacial score (nSPS) is 5.14. The quantitative estimate of drug-likeness (QED) is 0.260. The van der Waals surface area contributed by atoms with E-state index in [-0.39, 0.29) is 50.6 Å². The van der Waals surface area contributed by atoms with Crippen molar-refractivity contribution in [3.8, 4) is 0 Å². The van der Waals surface area contributed by atoms with Crippen LogP contribution in [0.25, 0.3) is 0 Å². The van der Waals surface area contributed by atoms with Crippen molar-refractivity contribution in [2.45, 2.75) is 0 Å². The minimum Gasteiger partial charge on any atom is -0.672 e. The summed E-state index contributed by atoms with van der Waals surface area (Å²) in [6.07, 6.45) is 0. The van der Waals surface area contributed by atoms with Crippen molar-refractivity contribution in [2.75, 3.05) is 0 Å². The molecule has 0 amide bonds. The molecule has 0 aromatic rings. The second kappa shape index (κ2) is 23.4. The van der Waals surface area contributed by atoms with Crippen molar-refractivity contribution < 1.29 is 42.2 Å². The van der Waals surface area contributed by atoms with Crippen molar-refractivity contribution in [2.24, 2.45) is 0 Å². The second-order valence-electron chi connectivity index (χ2n) is 0.750. The molecule has 0 N–H and O–H groups in total. The molecule has 4 radical (unpaired) electrons. The topological polar surface area (TPSA) is 190 Å². The Hall–Kier alpha value is 0.552. The van der Waals surface area contributed by atoms with Gasteiger partial charge in [-0.3, -0.25) is 0 Å². The molecule has 0 heterocycles. The van der Waals surface area contributed by atoms with E-state index in [0.29, 0.717) is 0 Å². The maximum atomic E-state index is 8.52. The maximum absolute atomic E-state index is 8.52. The van der Waals surface area contributed by atoms with Gasteiger partial charge >= 0.3 is 50.6 Å². The third-order valence-electron chi connectivity index (χ3n) is 0. The Morgan fingerprint density at radius 2 is 0.571 bits per heavy atom. The Bertz CT molecular complexity index is 118. The molecule has 14 heavy (non-hydrogen) atoms. The van der Waals surface area contributed by atoms with Crippen LogP contribution < -0.4 is 28.8 Å². The van der Waals surface area contributed by atoms with Crippen LogP contribution in [0.5, 0.6) is 0 Å². The zero-order valence-electron chi connectivity index (χ0n) is 6.07. The molecule has 76 valence electrons. The molecule has 0 aliphatic rings. The van der Waals surface area contributed by atoms with Gasteiger partial charge in [0, 0.05) is 27.5 Å². The molecule has 0 aromatic carbocycles. The molecule has 0 aliphatic heterocycles. The molecular weight excluding hydrogens is 559 g/mol. The molecule has 0 spiro atoms. The van der Waals surface area contributed by atoms with Gasteiger partial charge in [-0.25, -0.2) is 0 Å². The largest absolute Gasteiger partial charge is 3.00 e. The molecule has 14 heteroatoms. The first-order valence-corrected chi connectivity index (χ1v) is 5.51. The van der Waals surface area contributed by atoms with Gasteiger partial charge in [0.05, 0.1) is 0 Å². The molecule has 0 bridgehead atoms. The number of hydrogen-bond acceptors (Lipinski definition) is 9. The van der Waals surface area contributed by atoms with E-state index in [2.05, 4.69) is 0 Å². The van der Waals surface area contributed by atoms with Crippen LogP contribution in [0.3, 0.4) is 0 Å². The van der Waals surface area contributed by atoms with Crippen LogP contribution in [0.4, 0.5) is 0 Å². The van der Waals surface area contributed by atoms with Gasteiger partial charge in [-0.1, -0.05) is 0 Å². The Balaban J connectivity index is -0.0000000270. The first kappa shape index (κ1) is 29.3. The van der Waals surface area contributed by atoms with Crippen LogP contribution in [-0.4, -0.2) is 78.1 Å². The van der Waals surface area contributed by atoms with E-state index in [0.717, 1.165) is 0 Å². The Labute approximate surface area is 119 Å². The fourth-order valence-electron chi connectivity index (χ4n) is 0. The predicted octanol–water partition coefficient (Wildman–Crippen LogP) is -9.39. The van der Waals surface area contributed by atoms with Crippen LogP contribution in [0.2, 0.25) is 0 Å². The van der Waals surface area contributed by atoms with Crippen molar-refractivity contribution >= 4 is 78.1 Å². The first-order chi connectivity index (χ1) is 5.20. The van der Waals surface area contributed by atoms with Gasteiger partial charge in [0.1, 0.15) is 0 Å². The van der Waals surface area contributed by atoms with E-state index in [1.165, 1.54) is 0 Å². The molecule has 0 aliphatic carbocycles. The molecule has 9 nitrogen and oxygen atoms in total. The molecule has 0 unspecified atom stereocenters. The molecule has 0 aromatic heterocycles. The SMILES string of the molecule is O=[Si]([O-])[O-].O=[Si]([O-])[O-].O=[Si]([O-])[O-].[Bi+3].[Sb+3]. The van der Waals surface area contributed by atoms with Crippen LogP contribution in [0.1, 0.15) is 0 Å². The van der Waals surface area contributed by atoms with Gasteiger partial charge in [0.25, 0.3) is 0 Å². The molecule has 0 rings (SSSR count). The van der Waals surface area contributed by atoms with Gasteiger partial charge in [0.15, 0.2) is 0 Å². The van der Waals surface area contributed by atoms with Gasteiger partial charge in [-0.05, 0) is 0 Å². The third-order valence-corrected chi connectivity index (χ3v) is 0. The minimum absolute atomic E-state index is 0. The van der Waals surface area contributed by atoms with E-state index in [1.54, 1.807) is 0 Å². The molecule has 0 saturated heterocycles. The summed E-state index contributed by atoms with van der Waals surface area (Å²) in [5.74, 6) is 0. The van der Waals surface area contributed by atoms with E-state index < -0.39 is 27.5 Å². The minimum atomic E-state index is -3.63. The summed E-state index contributed by atoms with van der Waals surface area (Å²) >= 11 is 0. The van der Waals surface area contributed by atoms with Crippen molar-refractivity contribution in [3.63, 3.8) is 0 Å². The average molecular weight is 559 g/mol. The molecule has 0 fully saturated rings. The summed E-state index contributed by atoms with van der Waals surface area (Å²) in [4.78, 5) is 51.1. The van der Waals surface area contributed by atoms with E-state index in [9.17, 15) is 0 Å². The van der Waals surface area contributed by atoms with E-state index in [1.807, 2.05) is 0 Å². The summed E-state index contributed by atoms with van der Waals surface area (Å²) in [5, 5.41) is 0. The fraction of sp³-hybridized carbons (Fsp3) is 0. The summed E-state index contributed by atoms with van der Waals surface area (Å²) in [5.41, 5.74) is 0. The van der Waals surface area contributed by atoms with E-state index in [4.69, 9.17) is 42.2 Å². The van der Waals surface area contributed by atoms with Crippen LogP contribution >= 0.6 is 0 Å². The molecule has 0 atom stereocenters. The number of hydrogen-bond donors (Lipinski definition) is 0. The van der Waals surface area contributed by atoms with Crippen LogP contribution in [0.15, 0.2) is 0 Å². The van der Waals surface area contributed by atoms with Gasteiger partial charge < -0.3 is 42.2 Å². The molecule has 0 saturated carbocycles.